The second kappa shape index (κ2) is 6.24. The van der Waals surface area contributed by atoms with Crippen molar-refractivity contribution < 1.29 is 14.0 Å². The van der Waals surface area contributed by atoms with Gasteiger partial charge in [0, 0.05) is 24.6 Å². The number of nitrogens with zero attached hydrogens (tertiary/aromatic N) is 2. The van der Waals surface area contributed by atoms with E-state index in [9.17, 15) is 0 Å². The summed E-state index contributed by atoms with van der Waals surface area (Å²) in [6, 6.07) is 8.43. The quantitative estimate of drug-likeness (QED) is 0.875. The highest BCUT2D eigenvalue weighted by atomic mass is 16.5. The smallest absolute Gasteiger partial charge is 0.240 e. The maximum Gasteiger partial charge on any atom is 0.240 e. The van der Waals surface area contributed by atoms with Gasteiger partial charge in [-0.2, -0.15) is 4.98 Å². The van der Waals surface area contributed by atoms with Gasteiger partial charge in [0.15, 0.2) is 5.82 Å². The van der Waals surface area contributed by atoms with Crippen LogP contribution in [0.2, 0.25) is 0 Å². The summed E-state index contributed by atoms with van der Waals surface area (Å²) in [5, 5.41) is 7.26. The molecular formula is C15H19N3O3. The Kier molecular flexibility index (Phi) is 4.17. The monoisotopic (exact) mass is 289 g/mol. The summed E-state index contributed by atoms with van der Waals surface area (Å²) in [6.07, 6.45) is 0. The van der Waals surface area contributed by atoms with Gasteiger partial charge in [-0.1, -0.05) is 23.4 Å². The van der Waals surface area contributed by atoms with E-state index in [0.29, 0.717) is 37.4 Å². The van der Waals surface area contributed by atoms with Gasteiger partial charge >= 0.3 is 0 Å². The summed E-state index contributed by atoms with van der Waals surface area (Å²) >= 11 is 0. The van der Waals surface area contributed by atoms with Gasteiger partial charge in [0.05, 0.1) is 13.2 Å². The number of ether oxygens (including phenoxy) is 2. The van der Waals surface area contributed by atoms with E-state index in [1.807, 2.05) is 18.2 Å². The Morgan fingerprint density at radius 1 is 1.43 bits per heavy atom. The van der Waals surface area contributed by atoms with Gasteiger partial charge in [-0.15, -0.1) is 0 Å². The van der Waals surface area contributed by atoms with Crippen LogP contribution in [0.3, 0.4) is 0 Å². The normalized spacial score (nSPS) is 18.3. The van der Waals surface area contributed by atoms with Crippen molar-refractivity contribution in [2.24, 2.45) is 0 Å². The average Bonchev–Trinajstić information content (AvgIpc) is 3.12. The molecule has 1 aromatic heterocycles. The molecule has 0 amide bonds. The second-order valence-corrected chi connectivity index (χ2v) is 5.16. The number of nitrogens with one attached hydrogen (secondary N) is 1. The van der Waals surface area contributed by atoms with E-state index in [1.54, 1.807) is 7.11 Å². The van der Waals surface area contributed by atoms with Crippen LogP contribution in [0.5, 0.6) is 5.75 Å². The van der Waals surface area contributed by atoms with Crippen LogP contribution in [0.25, 0.3) is 0 Å². The van der Waals surface area contributed by atoms with Gasteiger partial charge in [-0.05, 0) is 13.0 Å². The number of para-hydroxylation sites is 1. The fourth-order valence-electron chi connectivity index (χ4n) is 2.54. The molecule has 2 heterocycles. The van der Waals surface area contributed by atoms with Gasteiger partial charge in [0.25, 0.3) is 0 Å². The van der Waals surface area contributed by atoms with Crippen LogP contribution in [-0.4, -0.2) is 29.9 Å². The number of methoxy groups -OCH3 is 1. The molecule has 6 nitrogen and oxygen atoms in total. The summed E-state index contributed by atoms with van der Waals surface area (Å²) in [5.74, 6) is 2.46. The highest BCUT2D eigenvalue weighted by Crippen LogP contribution is 2.35. The molecule has 3 rings (SSSR count). The molecule has 0 saturated carbocycles. The Morgan fingerprint density at radius 3 is 3.14 bits per heavy atom. The predicted octanol–water partition coefficient (Wildman–Crippen LogP) is 1.87. The molecule has 0 saturated heterocycles. The van der Waals surface area contributed by atoms with Crippen LogP contribution in [0.4, 0.5) is 0 Å². The second-order valence-electron chi connectivity index (χ2n) is 5.16. The van der Waals surface area contributed by atoms with Crippen molar-refractivity contribution >= 4 is 0 Å². The molecule has 0 bridgehead atoms. The Labute approximate surface area is 123 Å². The van der Waals surface area contributed by atoms with Crippen molar-refractivity contribution in [2.45, 2.75) is 32.0 Å². The van der Waals surface area contributed by atoms with Crippen molar-refractivity contribution in [3.63, 3.8) is 0 Å². The van der Waals surface area contributed by atoms with Crippen molar-refractivity contribution in [2.75, 3.05) is 13.7 Å². The average molecular weight is 289 g/mol. The van der Waals surface area contributed by atoms with Crippen LogP contribution in [0, 0.1) is 0 Å². The molecule has 0 spiro atoms. The summed E-state index contributed by atoms with van der Waals surface area (Å²) in [4.78, 5) is 4.25. The molecule has 2 atom stereocenters. The highest BCUT2D eigenvalue weighted by Gasteiger charge is 2.28. The molecule has 1 aliphatic heterocycles. The van der Waals surface area contributed by atoms with E-state index >= 15 is 0 Å². The van der Waals surface area contributed by atoms with Gasteiger partial charge in [0.2, 0.25) is 5.89 Å². The number of rotatable bonds is 6. The number of fused-ring (bicyclic) bond motifs is 1. The number of aromatic nitrogens is 2. The SMILES string of the molecule is COCc1noc(CN[C@H](C)[C@@H]2COc3ccccc32)n1. The Hall–Kier alpha value is -1.92. The lowest BCUT2D eigenvalue weighted by atomic mass is 9.94. The zero-order valence-corrected chi connectivity index (χ0v) is 12.2. The number of benzene rings is 1. The standard InChI is InChI=1S/C15H19N3O3/c1-10(12-8-20-13-6-4-3-5-11(12)13)16-7-15-17-14(9-19-2)18-21-15/h3-6,10,12,16H,7-9H2,1-2H3/t10-,12+/m1/s1. The van der Waals surface area contributed by atoms with Crippen LogP contribution in [-0.2, 0) is 17.9 Å². The Balaban J connectivity index is 1.58. The van der Waals surface area contributed by atoms with Gasteiger partial charge in [0.1, 0.15) is 12.4 Å². The molecule has 1 aromatic carbocycles. The maximum absolute atomic E-state index is 5.71. The molecule has 1 aliphatic rings. The van der Waals surface area contributed by atoms with Gasteiger partial charge in [-0.25, -0.2) is 0 Å². The third-order valence-corrected chi connectivity index (χ3v) is 3.70. The zero-order chi connectivity index (χ0) is 14.7. The lowest BCUT2D eigenvalue weighted by Crippen LogP contribution is -2.32. The summed E-state index contributed by atoms with van der Waals surface area (Å²) in [5.41, 5.74) is 1.25. The van der Waals surface area contributed by atoms with Gasteiger partial charge < -0.3 is 19.3 Å². The van der Waals surface area contributed by atoms with Crippen molar-refractivity contribution in [3.8, 4) is 5.75 Å². The van der Waals surface area contributed by atoms with Crippen molar-refractivity contribution in [1.29, 1.82) is 0 Å². The lowest BCUT2D eigenvalue weighted by molar-refractivity contribution is 0.174. The van der Waals surface area contributed by atoms with E-state index in [4.69, 9.17) is 14.0 Å². The predicted molar refractivity (Wildman–Crippen MR) is 76.0 cm³/mol. The fourth-order valence-corrected chi connectivity index (χ4v) is 2.54. The van der Waals surface area contributed by atoms with E-state index in [0.717, 1.165) is 5.75 Å². The van der Waals surface area contributed by atoms with Crippen molar-refractivity contribution in [1.82, 2.24) is 15.5 Å². The van der Waals surface area contributed by atoms with E-state index in [1.165, 1.54) is 5.56 Å². The minimum atomic E-state index is 0.256. The highest BCUT2D eigenvalue weighted by molar-refractivity contribution is 5.40. The molecule has 0 aliphatic carbocycles. The number of hydrogen-bond acceptors (Lipinski definition) is 6. The van der Waals surface area contributed by atoms with E-state index < -0.39 is 0 Å². The van der Waals surface area contributed by atoms with E-state index in [-0.39, 0.29) is 6.04 Å². The van der Waals surface area contributed by atoms with Crippen LogP contribution in [0.1, 0.15) is 30.1 Å². The molecule has 0 fully saturated rings. The summed E-state index contributed by atoms with van der Waals surface area (Å²) in [6.45, 7) is 3.74. The fraction of sp³-hybridized carbons (Fsp3) is 0.467. The van der Waals surface area contributed by atoms with Gasteiger partial charge in [-0.3, -0.25) is 0 Å². The summed E-state index contributed by atoms with van der Waals surface area (Å²) in [7, 11) is 1.61. The van der Waals surface area contributed by atoms with Crippen molar-refractivity contribution in [3.05, 3.63) is 41.5 Å². The molecular weight excluding hydrogens is 270 g/mol. The Bertz CT molecular complexity index is 599. The third-order valence-electron chi connectivity index (χ3n) is 3.70. The Morgan fingerprint density at radius 2 is 2.29 bits per heavy atom. The largest absolute Gasteiger partial charge is 0.493 e. The molecule has 112 valence electrons. The topological polar surface area (TPSA) is 69.4 Å². The maximum atomic E-state index is 5.71. The first-order valence-corrected chi connectivity index (χ1v) is 7.03. The molecule has 0 radical (unpaired) electrons. The first-order valence-electron chi connectivity index (χ1n) is 7.03. The minimum absolute atomic E-state index is 0.256. The molecule has 2 aromatic rings. The first-order chi connectivity index (χ1) is 10.3. The van der Waals surface area contributed by atoms with Crippen LogP contribution in [0.15, 0.2) is 28.8 Å². The zero-order valence-electron chi connectivity index (χ0n) is 12.2. The first kappa shape index (κ1) is 14.0. The molecule has 0 unspecified atom stereocenters. The van der Waals surface area contributed by atoms with Crippen LogP contribution >= 0.6 is 0 Å². The summed E-state index contributed by atoms with van der Waals surface area (Å²) < 4.78 is 15.8. The lowest BCUT2D eigenvalue weighted by Gasteiger charge is -2.18. The molecule has 1 N–H and O–H groups in total. The van der Waals surface area contributed by atoms with E-state index in [2.05, 4.69) is 28.4 Å². The van der Waals surface area contributed by atoms with Crippen LogP contribution < -0.4 is 10.1 Å². The molecule has 6 heteroatoms. The third kappa shape index (κ3) is 3.06. The molecule has 21 heavy (non-hydrogen) atoms. The minimum Gasteiger partial charge on any atom is -0.493 e. The number of hydrogen-bond donors (Lipinski definition) is 1.